The number of carbonyl (C=O) groups is 1. The molecular weight excluding hydrogens is 213 g/mol. The van der Waals surface area contributed by atoms with Gasteiger partial charge in [0.05, 0.1) is 7.11 Å². The van der Waals surface area contributed by atoms with Gasteiger partial charge in [-0.15, -0.1) is 13.2 Å². The van der Waals surface area contributed by atoms with E-state index in [2.05, 4.69) is 9.47 Å². The van der Waals surface area contributed by atoms with E-state index < -0.39 is 12.1 Å². The minimum absolute atomic E-state index is 0.142. The van der Waals surface area contributed by atoms with Gasteiger partial charge in [-0.25, -0.2) is 0 Å². The van der Waals surface area contributed by atoms with Crippen LogP contribution in [0.2, 0.25) is 0 Å². The molecular formula is C9H7F3O3. The minimum atomic E-state index is -4.78. The lowest BCUT2D eigenvalue weighted by Crippen LogP contribution is -2.17. The van der Waals surface area contributed by atoms with E-state index in [1.165, 1.54) is 13.2 Å². The number of alkyl halides is 3. The van der Waals surface area contributed by atoms with E-state index in [9.17, 15) is 18.0 Å². The van der Waals surface area contributed by atoms with Crippen molar-refractivity contribution in [3.63, 3.8) is 0 Å². The summed E-state index contributed by atoms with van der Waals surface area (Å²) in [5, 5.41) is 0. The van der Waals surface area contributed by atoms with Gasteiger partial charge in [-0.1, -0.05) is 0 Å². The average Bonchev–Trinajstić information content (AvgIpc) is 2.16. The van der Waals surface area contributed by atoms with Gasteiger partial charge in [0.2, 0.25) is 0 Å². The second kappa shape index (κ2) is 4.20. The number of halogens is 3. The number of aldehydes is 1. The molecule has 1 aromatic carbocycles. The van der Waals surface area contributed by atoms with Crippen molar-refractivity contribution in [2.45, 2.75) is 6.36 Å². The second-order valence-corrected chi connectivity index (χ2v) is 2.58. The Kier molecular flexibility index (Phi) is 3.18. The molecule has 82 valence electrons. The molecule has 0 aliphatic rings. The van der Waals surface area contributed by atoms with Crippen LogP contribution >= 0.6 is 0 Å². The van der Waals surface area contributed by atoms with Gasteiger partial charge >= 0.3 is 6.36 Å². The standard InChI is InChI=1S/C9H7F3O3/c1-14-8-4-6(5-13)2-3-7(8)15-9(10,11)12/h2-5H,1H3. The van der Waals surface area contributed by atoms with Crippen molar-refractivity contribution in [2.24, 2.45) is 0 Å². The lowest BCUT2D eigenvalue weighted by atomic mass is 10.2. The lowest BCUT2D eigenvalue weighted by molar-refractivity contribution is -0.275. The fourth-order valence-corrected chi connectivity index (χ4v) is 0.966. The fraction of sp³-hybridized carbons (Fsp3) is 0.222. The van der Waals surface area contributed by atoms with Gasteiger partial charge in [-0.2, -0.15) is 0 Å². The Morgan fingerprint density at radius 3 is 2.40 bits per heavy atom. The van der Waals surface area contributed by atoms with Crippen molar-refractivity contribution < 1.29 is 27.4 Å². The minimum Gasteiger partial charge on any atom is -0.493 e. The van der Waals surface area contributed by atoms with Gasteiger partial charge in [0.1, 0.15) is 6.29 Å². The Balaban J connectivity index is 3.02. The average molecular weight is 220 g/mol. The van der Waals surface area contributed by atoms with Crippen LogP contribution in [-0.2, 0) is 0 Å². The van der Waals surface area contributed by atoms with Crippen molar-refractivity contribution in [1.82, 2.24) is 0 Å². The monoisotopic (exact) mass is 220 g/mol. The number of rotatable bonds is 3. The molecule has 0 spiro atoms. The number of carbonyl (C=O) groups excluding carboxylic acids is 1. The van der Waals surface area contributed by atoms with E-state index in [0.29, 0.717) is 6.29 Å². The molecule has 0 saturated heterocycles. The maximum absolute atomic E-state index is 11.9. The van der Waals surface area contributed by atoms with Crippen molar-refractivity contribution in [3.8, 4) is 11.5 Å². The first-order valence-electron chi connectivity index (χ1n) is 3.85. The molecule has 0 amide bonds. The Morgan fingerprint density at radius 1 is 1.27 bits per heavy atom. The van der Waals surface area contributed by atoms with Gasteiger partial charge < -0.3 is 9.47 Å². The van der Waals surface area contributed by atoms with E-state index in [4.69, 9.17) is 0 Å². The summed E-state index contributed by atoms with van der Waals surface area (Å²) in [6.07, 6.45) is -4.28. The molecule has 0 aliphatic heterocycles. The molecule has 1 aromatic rings. The Bertz CT molecular complexity index is 360. The third-order valence-electron chi connectivity index (χ3n) is 1.55. The van der Waals surface area contributed by atoms with E-state index in [1.807, 2.05) is 0 Å². The predicted molar refractivity (Wildman–Crippen MR) is 45.1 cm³/mol. The van der Waals surface area contributed by atoms with E-state index >= 15 is 0 Å². The molecule has 15 heavy (non-hydrogen) atoms. The molecule has 0 unspecified atom stereocenters. The van der Waals surface area contributed by atoms with Crippen LogP contribution in [0.5, 0.6) is 11.5 Å². The summed E-state index contributed by atoms with van der Waals surface area (Å²) in [6.45, 7) is 0. The van der Waals surface area contributed by atoms with Crippen molar-refractivity contribution >= 4 is 6.29 Å². The van der Waals surface area contributed by atoms with Crippen LogP contribution in [0, 0.1) is 0 Å². The van der Waals surface area contributed by atoms with Gasteiger partial charge in [0.25, 0.3) is 0 Å². The number of hydrogen-bond acceptors (Lipinski definition) is 3. The summed E-state index contributed by atoms with van der Waals surface area (Å²) in [5.41, 5.74) is 0.210. The number of benzene rings is 1. The molecule has 0 bridgehead atoms. The van der Waals surface area contributed by atoms with Crippen LogP contribution in [0.25, 0.3) is 0 Å². The zero-order valence-electron chi connectivity index (χ0n) is 7.67. The Labute approximate surface area is 83.4 Å². The molecule has 0 aliphatic carbocycles. The molecule has 0 saturated carbocycles. The van der Waals surface area contributed by atoms with Crippen LogP contribution in [0.1, 0.15) is 10.4 Å². The Hall–Kier alpha value is -1.72. The molecule has 0 fully saturated rings. The largest absolute Gasteiger partial charge is 0.573 e. The summed E-state index contributed by atoms with van der Waals surface area (Å²) in [5.74, 6) is -0.618. The highest BCUT2D eigenvalue weighted by Crippen LogP contribution is 2.32. The zero-order chi connectivity index (χ0) is 11.5. The first kappa shape index (κ1) is 11.4. The van der Waals surface area contributed by atoms with Crippen molar-refractivity contribution in [1.29, 1.82) is 0 Å². The summed E-state index contributed by atoms with van der Waals surface area (Å²) < 4.78 is 44.0. The van der Waals surface area contributed by atoms with E-state index in [-0.39, 0.29) is 11.3 Å². The Morgan fingerprint density at radius 2 is 1.93 bits per heavy atom. The first-order chi connectivity index (χ1) is 6.96. The smallest absolute Gasteiger partial charge is 0.493 e. The number of ether oxygens (including phenoxy) is 2. The topological polar surface area (TPSA) is 35.5 Å². The normalized spacial score (nSPS) is 10.9. The summed E-state index contributed by atoms with van der Waals surface area (Å²) in [6, 6.07) is 3.39. The van der Waals surface area contributed by atoms with E-state index in [1.54, 1.807) is 0 Å². The molecule has 1 rings (SSSR count). The molecule has 0 N–H and O–H groups in total. The highest BCUT2D eigenvalue weighted by Gasteiger charge is 2.32. The molecule has 0 heterocycles. The SMILES string of the molecule is COc1cc(C=O)ccc1OC(F)(F)F. The first-order valence-corrected chi connectivity index (χ1v) is 3.85. The fourth-order valence-electron chi connectivity index (χ4n) is 0.966. The van der Waals surface area contributed by atoms with Crippen molar-refractivity contribution in [3.05, 3.63) is 23.8 Å². The quantitative estimate of drug-likeness (QED) is 0.733. The molecule has 0 aromatic heterocycles. The van der Waals surface area contributed by atoms with Crippen molar-refractivity contribution in [2.75, 3.05) is 7.11 Å². The number of methoxy groups -OCH3 is 1. The lowest BCUT2D eigenvalue weighted by Gasteiger charge is -2.12. The number of hydrogen-bond donors (Lipinski definition) is 0. The highest BCUT2D eigenvalue weighted by molar-refractivity contribution is 5.76. The third-order valence-corrected chi connectivity index (χ3v) is 1.55. The maximum atomic E-state index is 11.9. The zero-order valence-corrected chi connectivity index (χ0v) is 7.67. The van der Waals surface area contributed by atoms with Gasteiger partial charge in [-0.05, 0) is 18.2 Å². The van der Waals surface area contributed by atoms with Crippen LogP contribution < -0.4 is 9.47 Å². The van der Waals surface area contributed by atoms with Gasteiger partial charge in [-0.3, -0.25) is 4.79 Å². The van der Waals surface area contributed by atoms with Crippen LogP contribution in [0.4, 0.5) is 13.2 Å². The van der Waals surface area contributed by atoms with Gasteiger partial charge in [0.15, 0.2) is 11.5 Å². The summed E-state index contributed by atoms with van der Waals surface area (Å²) in [7, 11) is 1.19. The molecule has 0 radical (unpaired) electrons. The third kappa shape index (κ3) is 3.16. The molecule has 6 heteroatoms. The van der Waals surface area contributed by atoms with Gasteiger partial charge in [0, 0.05) is 5.56 Å². The van der Waals surface area contributed by atoms with Crippen LogP contribution in [0.15, 0.2) is 18.2 Å². The van der Waals surface area contributed by atoms with E-state index in [0.717, 1.165) is 12.1 Å². The molecule has 3 nitrogen and oxygen atoms in total. The second-order valence-electron chi connectivity index (χ2n) is 2.58. The summed E-state index contributed by atoms with van der Waals surface area (Å²) >= 11 is 0. The highest BCUT2D eigenvalue weighted by atomic mass is 19.4. The maximum Gasteiger partial charge on any atom is 0.573 e. The predicted octanol–water partition coefficient (Wildman–Crippen LogP) is 2.41. The molecule has 0 atom stereocenters. The summed E-state index contributed by atoms with van der Waals surface area (Å²) in [4.78, 5) is 10.4. The van der Waals surface area contributed by atoms with Crippen LogP contribution in [0.3, 0.4) is 0 Å². The van der Waals surface area contributed by atoms with Crippen LogP contribution in [-0.4, -0.2) is 19.8 Å².